The SMILES string of the molecule is CCNC(=NCc1coc(-c2ccccc2)n1)NCc1ncc(C(C)(C)C)o1.I. The van der Waals surface area contributed by atoms with Gasteiger partial charge in [0, 0.05) is 17.5 Å². The Hall–Kier alpha value is -2.36. The fraction of sp³-hybridized carbons (Fsp3) is 0.381. The molecule has 2 heterocycles. The molecule has 0 aliphatic rings. The summed E-state index contributed by atoms with van der Waals surface area (Å²) in [4.78, 5) is 13.4. The second-order valence-electron chi connectivity index (χ2n) is 7.43. The van der Waals surface area contributed by atoms with Crippen molar-refractivity contribution in [3.8, 4) is 11.5 Å². The number of nitrogens with one attached hydrogen (secondary N) is 2. The van der Waals surface area contributed by atoms with E-state index in [1.54, 1.807) is 12.5 Å². The summed E-state index contributed by atoms with van der Waals surface area (Å²) in [5.74, 6) is 2.76. The van der Waals surface area contributed by atoms with Gasteiger partial charge in [0.15, 0.2) is 5.96 Å². The molecule has 0 saturated carbocycles. The maximum Gasteiger partial charge on any atom is 0.226 e. The van der Waals surface area contributed by atoms with Gasteiger partial charge in [-0.2, -0.15) is 0 Å². The lowest BCUT2D eigenvalue weighted by atomic mass is 9.94. The van der Waals surface area contributed by atoms with E-state index in [9.17, 15) is 0 Å². The largest absolute Gasteiger partial charge is 0.444 e. The smallest absolute Gasteiger partial charge is 0.226 e. The zero-order chi connectivity index (χ0) is 20.0. The topological polar surface area (TPSA) is 88.5 Å². The Morgan fingerprint density at radius 2 is 1.90 bits per heavy atom. The van der Waals surface area contributed by atoms with E-state index in [0.29, 0.717) is 30.8 Å². The fourth-order valence-electron chi connectivity index (χ4n) is 2.49. The molecule has 3 rings (SSSR count). The van der Waals surface area contributed by atoms with E-state index in [4.69, 9.17) is 8.83 Å². The Morgan fingerprint density at radius 3 is 2.55 bits per heavy atom. The van der Waals surface area contributed by atoms with Gasteiger partial charge in [0.1, 0.15) is 17.7 Å². The highest BCUT2D eigenvalue weighted by Gasteiger charge is 2.19. The summed E-state index contributed by atoms with van der Waals surface area (Å²) in [5.41, 5.74) is 1.65. The van der Waals surface area contributed by atoms with Crippen molar-refractivity contribution in [3.05, 3.63) is 60.1 Å². The molecule has 1 aromatic carbocycles. The summed E-state index contributed by atoms with van der Waals surface area (Å²) in [5, 5.41) is 6.44. The first kappa shape index (κ1) is 22.9. The summed E-state index contributed by atoms with van der Waals surface area (Å²) in [6.07, 6.45) is 3.42. The number of halogens is 1. The van der Waals surface area contributed by atoms with E-state index in [1.807, 2.05) is 37.3 Å². The molecule has 3 aromatic rings. The molecular weight excluding hydrogens is 481 g/mol. The first-order valence-corrected chi connectivity index (χ1v) is 9.43. The quantitative estimate of drug-likeness (QED) is 0.289. The van der Waals surface area contributed by atoms with Gasteiger partial charge in [-0.05, 0) is 19.1 Å². The van der Waals surface area contributed by atoms with Gasteiger partial charge in [0.05, 0.1) is 19.3 Å². The summed E-state index contributed by atoms with van der Waals surface area (Å²) < 4.78 is 11.4. The standard InChI is InChI=1S/C21H27N5O2.HI/c1-5-22-20(25-13-18-23-12-17(28-18)21(2,3)4)24-11-16-14-27-19(26-16)15-9-7-6-8-10-15;/h6-10,12,14H,5,11,13H2,1-4H3,(H2,22,24,25);1H. The maximum atomic E-state index is 5.81. The van der Waals surface area contributed by atoms with Crippen molar-refractivity contribution in [3.63, 3.8) is 0 Å². The summed E-state index contributed by atoms with van der Waals surface area (Å²) in [7, 11) is 0. The van der Waals surface area contributed by atoms with E-state index >= 15 is 0 Å². The number of nitrogens with zero attached hydrogens (tertiary/aromatic N) is 3. The summed E-state index contributed by atoms with van der Waals surface area (Å²) >= 11 is 0. The molecule has 0 radical (unpaired) electrons. The van der Waals surface area contributed by atoms with Crippen LogP contribution in [0.1, 0.15) is 45.0 Å². The molecule has 29 heavy (non-hydrogen) atoms. The molecule has 0 bridgehead atoms. The number of guanidine groups is 1. The van der Waals surface area contributed by atoms with E-state index in [0.717, 1.165) is 23.6 Å². The third kappa shape index (κ3) is 6.59. The number of benzene rings is 1. The lowest BCUT2D eigenvalue weighted by Gasteiger charge is -2.13. The monoisotopic (exact) mass is 509 g/mol. The molecule has 8 heteroatoms. The van der Waals surface area contributed by atoms with Crippen molar-refractivity contribution < 1.29 is 8.83 Å². The molecule has 0 fully saturated rings. The van der Waals surface area contributed by atoms with E-state index < -0.39 is 0 Å². The Kier molecular flexibility index (Phi) is 8.24. The van der Waals surface area contributed by atoms with Crippen LogP contribution < -0.4 is 10.6 Å². The van der Waals surface area contributed by atoms with E-state index in [-0.39, 0.29) is 29.4 Å². The second-order valence-corrected chi connectivity index (χ2v) is 7.43. The number of hydrogen-bond acceptors (Lipinski definition) is 5. The molecule has 0 unspecified atom stereocenters. The van der Waals surface area contributed by atoms with Crippen LogP contribution in [-0.2, 0) is 18.5 Å². The molecule has 7 nitrogen and oxygen atoms in total. The van der Waals surface area contributed by atoms with E-state index in [1.165, 1.54) is 0 Å². The second kappa shape index (κ2) is 10.4. The number of oxazole rings is 2. The molecule has 156 valence electrons. The van der Waals surface area contributed by atoms with Crippen LogP contribution in [0.4, 0.5) is 0 Å². The Balaban J connectivity index is 0.00000300. The molecule has 2 N–H and O–H groups in total. The molecule has 0 aliphatic carbocycles. The number of rotatable bonds is 6. The molecule has 0 aliphatic heterocycles. The normalized spacial score (nSPS) is 11.8. The van der Waals surface area contributed by atoms with Crippen LogP contribution in [0.2, 0.25) is 0 Å². The van der Waals surface area contributed by atoms with Crippen LogP contribution in [0.15, 0.2) is 56.6 Å². The highest BCUT2D eigenvalue weighted by Crippen LogP contribution is 2.22. The van der Waals surface area contributed by atoms with Crippen molar-refractivity contribution in [2.75, 3.05) is 6.54 Å². The third-order valence-corrected chi connectivity index (χ3v) is 4.02. The van der Waals surface area contributed by atoms with Gasteiger partial charge >= 0.3 is 0 Å². The van der Waals surface area contributed by atoms with Crippen LogP contribution >= 0.6 is 24.0 Å². The van der Waals surface area contributed by atoms with Crippen molar-refractivity contribution in [1.29, 1.82) is 0 Å². The lowest BCUT2D eigenvalue weighted by molar-refractivity contribution is 0.379. The van der Waals surface area contributed by atoms with Crippen LogP contribution in [0, 0.1) is 0 Å². The number of aromatic nitrogens is 2. The highest BCUT2D eigenvalue weighted by atomic mass is 127. The van der Waals surface area contributed by atoms with Crippen LogP contribution in [0.3, 0.4) is 0 Å². The average molecular weight is 509 g/mol. The van der Waals surface area contributed by atoms with Gasteiger partial charge in [-0.25, -0.2) is 15.0 Å². The predicted octanol–water partition coefficient (Wildman–Crippen LogP) is 4.50. The zero-order valence-electron chi connectivity index (χ0n) is 17.2. The van der Waals surface area contributed by atoms with E-state index in [2.05, 4.69) is 46.4 Å². The van der Waals surface area contributed by atoms with Crippen molar-refractivity contribution >= 4 is 29.9 Å². The molecule has 0 saturated heterocycles. The maximum absolute atomic E-state index is 5.81. The minimum Gasteiger partial charge on any atom is -0.444 e. The van der Waals surface area contributed by atoms with Gasteiger partial charge < -0.3 is 19.5 Å². The Labute approximate surface area is 188 Å². The summed E-state index contributed by atoms with van der Waals surface area (Å²) in [6, 6.07) is 9.81. The molecular formula is C21H28IN5O2. The fourth-order valence-corrected chi connectivity index (χ4v) is 2.49. The van der Waals surface area contributed by atoms with Gasteiger partial charge in [0.2, 0.25) is 11.8 Å². The van der Waals surface area contributed by atoms with Gasteiger partial charge in [-0.3, -0.25) is 0 Å². The van der Waals surface area contributed by atoms with Crippen molar-refractivity contribution in [1.82, 2.24) is 20.6 Å². The lowest BCUT2D eigenvalue weighted by Crippen LogP contribution is -2.36. The molecule has 2 aromatic heterocycles. The zero-order valence-corrected chi connectivity index (χ0v) is 19.6. The molecule has 0 atom stereocenters. The third-order valence-electron chi connectivity index (χ3n) is 4.02. The van der Waals surface area contributed by atoms with Crippen LogP contribution in [-0.4, -0.2) is 22.5 Å². The van der Waals surface area contributed by atoms with Crippen LogP contribution in [0.25, 0.3) is 11.5 Å². The predicted molar refractivity (Wildman–Crippen MR) is 124 cm³/mol. The first-order chi connectivity index (χ1) is 13.5. The summed E-state index contributed by atoms with van der Waals surface area (Å²) in [6.45, 7) is 9.91. The number of hydrogen-bond donors (Lipinski definition) is 2. The van der Waals surface area contributed by atoms with Crippen molar-refractivity contribution in [2.24, 2.45) is 4.99 Å². The number of aliphatic imine (C=N–C) groups is 1. The first-order valence-electron chi connectivity index (χ1n) is 9.43. The Bertz CT molecular complexity index is 913. The molecule has 0 amide bonds. The van der Waals surface area contributed by atoms with Gasteiger partial charge in [-0.15, -0.1) is 24.0 Å². The van der Waals surface area contributed by atoms with Gasteiger partial charge in [0.25, 0.3) is 0 Å². The van der Waals surface area contributed by atoms with Crippen LogP contribution in [0.5, 0.6) is 0 Å². The highest BCUT2D eigenvalue weighted by molar-refractivity contribution is 14.0. The Morgan fingerprint density at radius 1 is 1.14 bits per heavy atom. The van der Waals surface area contributed by atoms with Crippen molar-refractivity contribution in [2.45, 2.75) is 46.2 Å². The minimum absolute atomic E-state index is 0. The molecule has 0 spiro atoms. The average Bonchev–Trinajstić information content (AvgIpc) is 3.34. The minimum atomic E-state index is -0.0623. The van der Waals surface area contributed by atoms with Gasteiger partial charge in [-0.1, -0.05) is 39.0 Å².